The normalized spacial score (nSPS) is 18.2. The topological polar surface area (TPSA) is 22.1 Å². The average Bonchev–Trinajstić information content (AvgIpc) is 2.61. The van der Waals surface area contributed by atoms with Crippen molar-refractivity contribution in [3.8, 4) is 5.75 Å². The molecule has 64 valence electrons. The predicted molar refractivity (Wildman–Crippen MR) is 53.4 cm³/mol. The minimum absolute atomic E-state index is 0.861. The lowest BCUT2D eigenvalue weighted by Crippen LogP contribution is -2.01. The number of fused-ring (bicyclic) bond motifs is 2. The van der Waals surface area contributed by atoms with E-state index in [2.05, 4.69) is 17.1 Å². The molecule has 0 saturated heterocycles. The van der Waals surface area contributed by atoms with Gasteiger partial charge >= 0.3 is 0 Å². The Labute approximate surface area is 80.3 Å². The molecule has 1 aromatic rings. The molecule has 0 spiro atoms. The quantitative estimate of drug-likeness (QED) is 0.625. The number of ether oxygens (including phenoxy) is 1. The molecule has 1 aromatic heterocycles. The maximum Gasteiger partial charge on any atom is 0.153 e. The van der Waals surface area contributed by atoms with Crippen molar-refractivity contribution >= 4 is 17.8 Å². The lowest BCUT2D eigenvalue weighted by molar-refractivity contribution is 0.435. The highest BCUT2D eigenvalue weighted by Crippen LogP contribution is 2.39. The second-order valence-electron chi connectivity index (χ2n) is 2.88. The first-order chi connectivity index (χ1) is 6.43. The third kappa shape index (κ3) is 1.08. The third-order valence-corrected chi connectivity index (χ3v) is 3.00. The summed E-state index contributed by atoms with van der Waals surface area (Å²) in [6, 6.07) is 3.83. The van der Waals surface area contributed by atoms with E-state index in [9.17, 15) is 0 Å². The standard InChI is InChI=1S/C10H7NOS/c1-2-8-7(11-4-1)6-10-9(12-8)3-5-13-10/h1-4,6H,5H2. The largest absolute Gasteiger partial charge is 0.454 e. The number of nitrogens with zero attached hydrogens (tertiary/aromatic N) is 1. The SMILES string of the molecule is C1=C2Oc3cccnc3C=C2SC1. The van der Waals surface area contributed by atoms with Crippen LogP contribution in [0, 0.1) is 0 Å². The Bertz CT molecular complexity index is 423. The van der Waals surface area contributed by atoms with Gasteiger partial charge in [0.05, 0.1) is 4.91 Å². The van der Waals surface area contributed by atoms with Gasteiger partial charge in [0.15, 0.2) is 5.75 Å². The van der Waals surface area contributed by atoms with Crippen LogP contribution in [0.15, 0.2) is 35.1 Å². The second kappa shape index (κ2) is 2.64. The first kappa shape index (κ1) is 7.21. The number of pyridine rings is 1. The van der Waals surface area contributed by atoms with E-state index in [1.54, 1.807) is 18.0 Å². The zero-order chi connectivity index (χ0) is 8.67. The minimum Gasteiger partial charge on any atom is -0.454 e. The summed E-state index contributed by atoms with van der Waals surface area (Å²) in [7, 11) is 0. The summed E-state index contributed by atoms with van der Waals surface area (Å²) in [4.78, 5) is 5.44. The summed E-state index contributed by atoms with van der Waals surface area (Å²) in [6.45, 7) is 0. The smallest absolute Gasteiger partial charge is 0.153 e. The number of rotatable bonds is 0. The molecule has 0 radical (unpaired) electrons. The van der Waals surface area contributed by atoms with Crippen LogP contribution in [0.25, 0.3) is 6.08 Å². The minimum atomic E-state index is 0.861. The highest BCUT2D eigenvalue weighted by atomic mass is 32.2. The van der Waals surface area contributed by atoms with Crippen LogP contribution in [0.5, 0.6) is 5.75 Å². The molecule has 0 N–H and O–H groups in total. The van der Waals surface area contributed by atoms with Crippen LogP contribution in [0.1, 0.15) is 5.69 Å². The molecule has 2 aliphatic rings. The number of aromatic nitrogens is 1. The summed E-state index contributed by atoms with van der Waals surface area (Å²) >= 11 is 1.79. The van der Waals surface area contributed by atoms with E-state index in [1.165, 1.54) is 4.91 Å². The van der Waals surface area contributed by atoms with Crippen LogP contribution in [-0.2, 0) is 0 Å². The van der Waals surface area contributed by atoms with Gasteiger partial charge in [0, 0.05) is 11.9 Å². The van der Waals surface area contributed by atoms with Crippen LogP contribution >= 0.6 is 11.8 Å². The fourth-order valence-corrected chi connectivity index (χ4v) is 2.30. The maximum atomic E-state index is 5.67. The van der Waals surface area contributed by atoms with E-state index < -0.39 is 0 Å². The molecule has 0 fully saturated rings. The van der Waals surface area contributed by atoms with Gasteiger partial charge < -0.3 is 4.74 Å². The van der Waals surface area contributed by atoms with Gasteiger partial charge in [-0.25, -0.2) is 0 Å². The third-order valence-electron chi connectivity index (χ3n) is 2.04. The Kier molecular flexibility index (Phi) is 1.46. The molecule has 0 aromatic carbocycles. The highest BCUT2D eigenvalue weighted by Gasteiger charge is 2.20. The molecule has 0 aliphatic carbocycles. The molecule has 3 heteroatoms. The van der Waals surface area contributed by atoms with Crippen molar-refractivity contribution in [3.05, 3.63) is 40.8 Å². The van der Waals surface area contributed by atoms with Gasteiger partial charge in [0.1, 0.15) is 11.5 Å². The molecule has 0 bridgehead atoms. The van der Waals surface area contributed by atoms with E-state index in [0.29, 0.717) is 0 Å². The maximum absolute atomic E-state index is 5.67. The van der Waals surface area contributed by atoms with Crippen molar-refractivity contribution in [1.29, 1.82) is 0 Å². The average molecular weight is 189 g/mol. The Morgan fingerprint density at radius 2 is 2.46 bits per heavy atom. The van der Waals surface area contributed by atoms with Crippen LogP contribution in [0.3, 0.4) is 0 Å². The van der Waals surface area contributed by atoms with Gasteiger partial charge in [-0.3, -0.25) is 4.98 Å². The van der Waals surface area contributed by atoms with Gasteiger partial charge in [-0.05, 0) is 24.3 Å². The van der Waals surface area contributed by atoms with Crippen molar-refractivity contribution in [2.24, 2.45) is 0 Å². The molecular weight excluding hydrogens is 182 g/mol. The van der Waals surface area contributed by atoms with Crippen molar-refractivity contribution in [1.82, 2.24) is 4.98 Å². The monoisotopic (exact) mass is 189 g/mol. The van der Waals surface area contributed by atoms with Crippen molar-refractivity contribution in [3.63, 3.8) is 0 Å². The summed E-state index contributed by atoms with van der Waals surface area (Å²) in [6.07, 6.45) is 5.97. The van der Waals surface area contributed by atoms with Gasteiger partial charge in [-0.1, -0.05) is 0 Å². The Morgan fingerprint density at radius 3 is 3.46 bits per heavy atom. The van der Waals surface area contributed by atoms with E-state index in [4.69, 9.17) is 4.74 Å². The highest BCUT2D eigenvalue weighted by molar-refractivity contribution is 8.03. The Hall–Kier alpha value is -1.22. The Balaban J connectivity index is 2.18. The van der Waals surface area contributed by atoms with Gasteiger partial charge in [0.25, 0.3) is 0 Å². The molecule has 0 unspecified atom stereocenters. The molecular formula is C10H7NOS. The molecule has 2 aliphatic heterocycles. The number of thioether (sulfide) groups is 1. The fourth-order valence-electron chi connectivity index (χ4n) is 1.42. The van der Waals surface area contributed by atoms with E-state index >= 15 is 0 Å². The summed E-state index contributed by atoms with van der Waals surface area (Å²) in [5, 5.41) is 0. The molecule has 0 amide bonds. The predicted octanol–water partition coefficient (Wildman–Crippen LogP) is 2.45. The lowest BCUT2D eigenvalue weighted by atomic mass is 10.2. The van der Waals surface area contributed by atoms with Gasteiger partial charge in [-0.2, -0.15) is 0 Å². The van der Waals surface area contributed by atoms with E-state index in [1.807, 2.05) is 12.1 Å². The van der Waals surface area contributed by atoms with Gasteiger partial charge in [0.2, 0.25) is 0 Å². The van der Waals surface area contributed by atoms with E-state index in [0.717, 1.165) is 23.0 Å². The van der Waals surface area contributed by atoms with Crippen LogP contribution in [0.4, 0.5) is 0 Å². The lowest BCUT2D eigenvalue weighted by Gasteiger charge is -2.14. The molecule has 3 heterocycles. The van der Waals surface area contributed by atoms with Crippen LogP contribution in [0.2, 0.25) is 0 Å². The van der Waals surface area contributed by atoms with Crippen molar-refractivity contribution in [2.45, 2.75) is 0 Å². The summed E-state index contributed by atoms with van der Waals surface area (Å²) in [5.41, 5.74) is 0.934. The van der Waals surface area contributed by atoms with Crippen LogP contribution in [-0.4, -0.2) is 10.7 Å². The zero-order valence-electron chi connectivity index (χ0n) is 6.86. The zero-order valence-corrected chi connectivity index (χ0v) is 7.67. The van der Waals surface area contributed by atoms with Crippen molar-refractivity contribution < 1.29 is 4.74 Å². The van der Waals surface area contributed by atoms with Gasteiger partial charge in [-0.15, -0.1) is 11.8 Å². The first-order valence-electron chi connectivity index (χ1n) is 4.11. The molecule has 0 saturated carbocycles. The number of hydrogen-bond acceptors (Lipinski definition) is 3. The fraction of sp³-hybridized carbons (Fsp3) is 0.100. The second-order valence-corrected chi connectivity index (χ2v) is 3.94. The molecule has 2 nitrogen and oxygen atoms in total. The number of hydrogen-bond donors (Lipinski definition) is 0. The molecule has 0 atom stereocenters. The molecule has 3 rings (SSSR count). The van der Waals surface area contributed by atoms with Crippen molar-refractivity contribution in [2.75, 3.05) is 5.75 Å². The van der Waals surface area contributed by atoms with Crippen LogP contribution < -0.4 is 4.74 Å². The summed E-state index contributed by atoms with van der Waals surface area (Å²) < 4.78 is 5.67. The van der Waals surface area contributed by atoms with E-state index in [-0.39, 0.29) is 0 Å². The molecule has 13 heavy (non-hydrogen) atoms. The Morgan fingerprint density at radius 1 is 1.46 bits per heavy atom. The first-order valence-corrected chi connectivity index (χ1v) is 5.10. The summed E-state index contributed by atoms with van der Waals surface area (Å²) in [5.74, 6) is 2.86.